The van der Waals surface area contributed by atoms with Gasteiger partial charge in [-0.3, -0.25) is 19.4 Å². The summed E-state index contributed by atoms with van der Waals surface area (Å²) < 4.78 is 0. The number of rotatable bonds is 13. The van der Waals surface area contributed by atoms with E-state index < -0.39 is 0 Å². The van der Waals surface area contributed by atoms with Gasteiger partial charge in [-0.1, -0.05) is 109 Å². The molecule has 6 aromatic rings. The summed E-state index contributed by atoms with van der Waals surface area (Å²) in [4.78, 5) is 52.3. The predicted octanol–water partition coefficient (Wildman–Crippen LogP) is 8.50. The van der Waals surface area contributed by atoms with Crippen molar-refractivity contribution in [2.24, 2.45) is 0 Å². The number of carbonyl (C=O) groups excluding carboxylic acids is 2. The normalized spacial score (nSPS) is 18.0. The lowest BCUT2D eigenvalue weighted by Gasteiger charge is -2.31. The monoisotopic (exact) mass is 774 g/mol. The van der Waals surface area contributed by atoms with E-state index in [-0.39, 0.29) is 36.0 Å². The first-order chi connectivity index (χ1) is 28.2. The van der Waals surface area contributed by atoms with Gasteiger partial charge in [-0.25, -0.2) is 9.97 Å². The zero-order valence-corrected chi connectivity index (χ0v) is 34.0. The quantitative estimate of drug-likeness (QED) is 0.122. The van der Waals surface area contributed by atoms with Gasteiger partial charge in [0.25, 0.3) is 0 Å². The Morgan fingerprint density at radius 3 is 1.33 bits per heavy atom. The smallest absolute Gasteiger partial charge is 0.240 e. The predicted molar refractivity (Wildman–Crippen MR) is 229 cm³/mol. The highest BCUT2D eigenvalue weighted by atomic mass is 16.2. The number of carbonyl (C=O) groups is 2. The van der Waals surface area contributed by atoms with Crippen LogP contribution in [0.1, 0.15) is 74.4 Å². The standard InChI is InChI=1S/C48H54N8O2/c1-33(53(3)31-35-13-7-5-8-14-35)47(57)55-27-11-17-43(55)45-49-29-41(51-45)39-23-19-37(20-24-39)38-21-25-40(26-22-38)42-30-50-46(52-42)44-18-12-28-56(44)48(58)34(2)54(4)32-36-15-9-6-10-16-36/h5-10,13-16,19-26,29-30,33-34,43-44H,11-12,17-18,27-28,31-32H2,1-4H3,(H,49,51)(H,50,52)/t33-,34-,43-,44-/m0/s1. The van der Waals surface area contributed by atoms with Crippen LogP contribution in [-0.2, 0) is 22.7 Å². The van der Waals surface area contributed by atoms with E-state index in [1.165, 1.54) is 11.1 Å². The number of H-pyrrole nitrogens is 2. The van der Waals surface area contributed by atoms with Gasteiger partial charge in [0.15, 0.2) is 0 Å². The zero-order valence-electron chi connectivity index (χ0n) is 34.0. The average molecular weight is 775 g/mol. The minimum absolute atomic E-state index is 0.0574. The Morgan fingerprint density at radius 1 is 0.586 bits per heavy atom. The number of likely N-dealkylation sites (N-methyl/N-ethyl adjacent to an activating group) is 2. The highest BCUT2D eigenvalue weighted by molar-refractivity contribution is 5.83. The second kappa shape index (κ2) is 17.3. The van der Waals surface area contributed by atoms with Crippen molar-refractivity contribution in [2.75, 3.05) is 27.2 Å². The van der Waals surface area contributed by atoms with Crippen molar-refractivity contribution in [3.8, 4) is 33.6 Å². The third-order valence-electron chi connectivity index (χ3n) is 12.2. The van der Waals surface area contributed by atoms with E-state index in [1.807, 2.05) is 86.5 Å². The van der Waals surface area contributed by atoms with Gasteiger partial charge in [-0.05, 0) is 87.0 Å². The molecule has 10 nitrogen and oxygen atoms in total. The highest BCUT2D eigenvalue weighted by Crippen LogP contribution is 2.35. The van der Waals surface area contributed by atoms with Crippen molar-refractivity contribution < 1.29 is 9.59 Å². The largest absolute Gasteiger partial charge is 0.340 e. The molecule has 0 spiro atoms. The van der Waals surface area contributed by atoms with E-state index in [4.69, 9.17) is 9.97 Å². The van der Waals surface area contributed by atoms with E-state index in [2.05, 4.69) is 92.6 Å². The summed E-state index contributed by atoms with van der Waals surface area (Å²) in [6, 6.07) is 37.0. The van der Waals surface area contributed by atoms with Crippen LogP contribution in [0.3, 0.4) is 0 Å². The van der Waals surface area contributed by atoms with Gasteiger partial charge in [-0.15, -0.1) is 0 Å². The van der Waals surface area contributed by atoms with Gasteiger partial charge < -0.3 is 19.8 Å². The van der Waals surface area contributed by atoms with Crippen LogP contribution in [0.4, 0.5) is 0 Å². The van der Waals surface area contributed by atoms with Crippen molar-refractivity contribution >= 4 is 11.8 Å². The second-order valence-electron chi connectivity index (χ2n) is 16.1. The summed E-state index contributed by atoms with van der Waals surface area (Å²) >= 11 is 0. The fourth-order valence-corrected chi connectivity index (χ4v) is 8.49. The molecule has 4 heterocycles. The van der Waals surface area contributed by atoms with Gasteiger partial charge in [0.1, 0.15) is 11.6 Å². The van der Waals surface area contributed by atoms with E-state index >= 15 is 0 Å². The fraction of sp³-hybridized carbons (Fsp3) is 0.333. The first-order valence-corrected chi connectivity index (χ1v) is 20.6. The van der Waals surface area contributed by atoms with Gasteiger partial charge in [0, 0.05) is 26.2 Å². The molecule has 0 radical (unpaired) electrons. The van der Waals surface area contributed by atoms with Crippen molar-refractivity contribution in [3.05, 3.63) is 144 Å². The molecule has 0 bridgehead atoms. The van der Waals surface area contributed by atoms with Crippen LogP contribution in [0, 0.1) is 0 Å². The molecular formula is C48H54N8O2. The van der Waals surface area contributed by atoms with E-state index in [0.29, 0.717) is 0 Å². The molecule has 298 valence electrons. The van der Waals surface area contributed by atoms with Crippen LogP contribution in [0.2, 0.25) is 0 Å². The summed E-state index contributed by atoms with van der Waals surface area (Å²) in [5.41, 5.74) is 8.61. The van der Waals surface area contributed by atoms with Crippen molar-refractivity contribution in [1.82, 2.24) is 39.5 Å². The van der Waals surface area contributed by atoms with Crippen LogP contribution >= 0.6 is 0 Å². The number of hydrogen-bond acceptors (Lipinski definition) is 6. The second-order valence-corrected chi connectivity index (χ2v) is 16.1. The average Bonchev–Trinajstić information content (AvgIpc) is 4.11. The maximum absolute atomic E-state index is 13.7. The van der Waals surface area contributed by atoms with E-state index in [1.54, 1.807) is 0 Å². The van der Waals surface area contributed by atoms with Crippen molar-refractivity contribution in [1.29, 1.82) is 0 Å². The fourth-order valence-electron chi connectivity index (χ4n) is 8.49. The highest BCUT2D eigenvalue weighted by Gasteiger charge is 2.36. The third kappa shape index (κ3) is 8.40. The van der Waals surface area contributed by atoms with Gasteiger partial charge in [0.2, 0.25) is 11.8 Å². The van der Waals surface area contributed by atoms with Gasteiger partial charge in [-0.2, -0.15) is 0 Å². The Bertz CT molecular complexity index is 2120. The lowest BCUT2D eigenvalue weighted by Crippen LogP contribution is -2.45. The van der Waals surface area contributed by atoms with Crippen LogP contribution in [0.15, 0.2) is 122 Å². The summed E-state index contributed by atoms with van der Waals surface area (Å²) in [6.45, 7) is 6.93. The van der Waals surface area contributed by atoms with Crippen LogP contribution in [0.25, 0.3) is 33.6 Å². The number of imidazole rings is 2. The van der Waals surface area contributed by atoms with Crippen molar-refractivity contribution in [3.63, 3.8) is 0 Å². The first kappa shape index (κ1) is 39.0. The number of aromatic nitrogens is 4. The molecule has 2 aliphatic heterocycles. The van der Waals surface area contributed by atoms with Crippen LogP contribution in [-0.4, -0.2) is 90.6 Å². The molecule has 0 unspecified atom stereocenters. The molecule has 0 aliphatic carbocycles. The number of amides is 2. The lowest BCUT2D eigenvalue weighted by atomic mass is 10.0. The number of nitrogens with one attached hydrogen (secondary N) is 2. The minimum Gasteiger partial charge on any atom is -0.340 e. The zero-order chi connectivity index (χ0) is 40.2. The van der Waals surface area contributed by atoms with Crippen molar-refractivity contribution in [2.45, 2.75) is 76.8 Å². The number of benzene rings is 4. The molecule has 2 aliphatic rings. The molecule has 2 amide bonds. The third-order valence-corrected chi connectivity index (χ3v) is 12.2. The first-order valence-electron chi connectivity index (χ1n) is 20.6. The van der Waals surface area contributed by atoms with Gasteiger partial charge >= 0.3 is 0 Å². The van der Waals surface area contributed by atoms with Gasteiger partial charge in [0.05, 0.1) is 47.9 Å². The molecule has 8 rings (SSSR count). The van der Waals surface area contributed by atoms with E-state index in [9.17, 15) is 9.59 Å². The summed E-state index contributed by atoms with van der Waals surface area (Å²) in [7, 11) is 4.03. The number of nitrogens with zero attached hydrogens (tertiary/aromatic N) is 6. The Morgan fingerprint density at radius 2 is 0.948 bits per heavy atom. The maximum Gasteiger partial charge on any atom is 0.240 e. The molecular weight excluding hydrogens is 721 g/mol. The topological polar surface area (TPSA) is 104 Å². The number of hydrogen-bond donors (Lipinski definition) is 2. The molecule has 2 N–H and O–H groups in total. The number of aromatic amines is 2. The molecule has 58 heavy (non-hydrogen) atoms. The Labute approximate surface area is 341 Å². The summed E-state index contributed by atoms with van der Waals surface area (Å²) in [6.07, 6.45) is 7.49. The summed E-state index contributed by atoms with van der Waals surface area (Å²) in [5, 5.41) is 0. The Kier molecular flexibility index (Phi) is 11.7. The Balaban J connectivity index is 0.883. The number of likely N-dealkylation sites (tertiary alicyclic amines) is 2. The maximum atomic E-state index is 13.7. The molecule has 4 atom stereocenters. The lowest BCUT2D eigenvalue weighted by molar-refractivity contribution is -0.138. The Hall–Kier alpha value is -5.84. The molecule has 0 saturated carbocycles. The SMILES string of the molecule is C[C@@H](C(=O)N1CCC[C@H]1c1ncc(-c2ccc(-c3ccc(-c4cnc([C@@H]5CCCN5C(=O)[C@H](C)N(C)Cc5ccccc5)[nH]4)cc3)cc2)[nH]1)N(C)Cc1ccccc1. The molecule has 2 fully saturated rings. The van der Waals surface area contributed by atoms with Crippen LogP contribution < -0.4 is 0 Å². The molecule has 10 heteroatoms. The minimum atomic E-state index is -0.235. The molecule has 2 aromatic heterocycles. The van der Waals surface area contributed by atoms with E-state index in [0.717, 1.165) is 97.2 Å². The molecule has 4 aromatic carbocycles. The molecule has 2 saturated heterocycles. The van der Waals surface area contributed by atoms with Crippen LogP contribution in [0.5, 0.6) is 0 Å². The summed E-state index contributed by atoms with van der Waals surface area (Å²) in [5.74, 6) is 1.97.